The van der Waals surface area contributed by atoms with Crippen molar-refractivity contribution in [1.82, 2.24) is 15.5 Å². The van der Waals surface area contributed by atoms with Gasteiger partial charge in [0.2, 0.25) is 5.82 Å². The second kappa shape index (κ2) is 9.00. The molecule has 35 heavy (non-hydrogen) atoms. The summed E-state index contributed by atoms with van der Waals surface area (Å²) in [5, 5.41) is 7.74. The van der Waals surface area contributed by atoms with E-state index in [9.17, 15) is 9.18 Å². The summed E-state index contributed by atoms with van der Waals surface area (Å²) >= 11 is 6.27. The van der Waals surface area contributed by atoms with Crippen LogP contribution in [0.25, 0.3) is 17.0 Å². The van der Waals surface area contributed by atoms with Gasteiger partial charge in [0.25, 0.3) is 5.89 Å². The van der Waals surface area contributed by atoms with E-state index in [0.717, 1.165) is 22.4 Å². The largest absolute Gasteiger partial charge is 0.334 e. The molecule has 3 aromatic carbocycles. The van der Waals surface area contributed by atoms with Crippen molar-refractivity contribution in [2.45, 2.75) is 26.8 Å². The summed E-state index contributed by atoms with van der Waals surface area (Å²) in [7, 11) is 0. The quantitative estimate of drug-likeness (QED) is 0.341. The molecule has 2 heterocycles. The number of halogens is 2. The van der Waals surface area contributed by atoms with Crippen molar-refractivity contribution in [1.29, 1.82) is 0 Å². The maximum Gasteiger partial charge on any atom is 0.326 e. The summed E-state index contributed by atoms with van der Waals surface area (Å²) < 4.78 is 19.1. The van der Waals surface area contributed by atoms with Crippen LogP contribution in [0.5, 0.6) is 0 Å². The molecule has 0 bridgehead atoms. The standard InChI is InChI=1S/C27H22ClFN4O2/c1-15-11-16(2)13-22(12-15)33-17(3)23(24(30-27(33)34)19-5-4-6-20(28)14-19)26-31-25(32-35-26)18-7-9-21(29)10-8-18/h4-14,24H,1-3H3,(H,30,34). The highest BCUT2D eigenvalue weighted by atomic mass is 35.5. The van der Waals surface area contributed by atoms with E-state index < -0.39 is 6.04 Å². The van der Waals surface area contributed by atoms with Gasteiger partial charge < -0.3 is 9.84 Å². The van der Waals surface area contributed by atoms with Crippen LogP contribution in [0.3, 0.4) is 0 Å². The van der Waals surface area contributed by atoms with Crippen LogP contribution >= 0.6 is 11.6 Å². The fraction of sp³-hybridized carbons (Fsp3) is 0.148. The number of anilines is 1. The molecule has 2 amide bonds. The molecule has 1 atom stereocenters. The molecule has 0 saturated carbocycles. The number of aryl methyl sites for hydroxylation is 2. The van der Waals surface area contributed by atoms with Gasteiger partial charge in [-0.1, -0.05) is 35.0 Å². The van der Waals surface area contributed by atoms with Crippen molar-refractivity contribution < 1.29 is 13.7 Å². The van der Waals surface area contributed by atoms with E-state index in [4.69, 9.17) is 16.1 Å². The molecule has 1 N–H and O–H groups in total. The molecule has 176 valence electrons. The number of aromatic nitrogens is 2. The highest BCUT2D eigenvalue weighted by molar-refractivity contribution is 6.30. The van der Waals surface area contributed by atoms with E-state index in [0.29, 0.717) is 27.7 Å². The molecule has 1 aliphatic rings. The van der Waals surface area contributed by atoms with Crippen molar-refractivity contribution in [2.75, 3.05) is 4.90 Å². The van der Waals surface area contributed by atoms with Crippen LogP contribution in [0.15, 0.2) is 77.0 Å². The number of carbonyl (C=O) groups is 1. The molecule has 5 rings (SSSR count). The maximum atomic E-state index is 13.4. The molecular formula is C27H22ClFN4O2. The monoisotopic (exact) mass is 488 g/mol. The Labute approximate surface area is 207 Å². The fourth-order valence-corrected chi connectivity index (χ4v) is 4.59. The molecule has 0 spiro atoms. The van der Waals surface area contributed by atoms with Crippen molar-refractivity contribution in [2.24, 2.45) is 0 Å². The third-order valence-electron chi connectivity index (χ3n) is 5.89. The van der Waals surface area contributed by atoms with Crippen LogP contribution in [0.2, 0.25) is 5.02 Å². The second-order valence-electron chi connectivity index (χ2n) is 8.55. The SMILES string of the molecule is CC1=C(c2nc(-c3ccc(F)cc3)no2)C(c2cccc(Cl)c2)NC(=O)N1c1cc(C)cc(C)c1. The summed E-state index contributed by atoms with van der Waals surface area (Å²) in [6.07, 6.45) is 0. The molecule has 6 nitrogen and oxygen atoms in total. The van der Waals surface area contributed by atoms with E-state index in [1.54, 1.807) is 29.2 Å². The Balaban J connectivity index is 1.67. The number of urea groups is 1. The second-order valence-corrected chi connectivity index (χ2v) is 8.98. The predicted octanol–water partition coefficient (Wildman–Crippen LogP) is 6.85. The number of nitrogens with zero attached hydrogens (tertiary/aromatic N) is 3. The topological polar surface area (TPSA) is 71.3 Å². The van der Waals surface area contributed by atoms with Crippen molar-refractivity contribution >= 4 is 28.9 Å². The normalized spacial score (nSPS) is 16.0. The number of hydrogen-bond donors (Lipinski definition) is 1. The number of amides is 2. The van der Waals surface area contributed by atoms with Gasteiger partial charge >= 0.3 is 6.03 Å². The van der Waals surface area contributed by atoms with Gasteiger partial charge in [-0.05, 0) is 86.0 Å². The highest BCUT2D eigenvalue weighted by Crippen LogP contribution is 2.40. The first-order valence-corrected chi connectivity index (χ1v) is 11.4. The van der Waals surface area contributed by atoms with Crippen LogP contribution in [0.4, 0.5) is 14.9 Å². The van der Waals surface area contributed by atoms with Crippen molar-refractivity contribution in [3.05, 3.63) is 106 Å². The van der Waals surface area contributed by atoms with Gasteiger partial charge in [0.1, 0.15) is 5.82 Å². The van der Waals surface area contributed by atoms with Gasteiger partial charge in [-0.3, -0.25) is 4.90 Å². The zero-order valence-electron chi connectivity index (χ0n) is 19.3. The molecule has 1 aliphatic heterocycles. The van der Waals surface area contributed by atoms with Crippen molar-refractivity contribution in [3.8, 4) is 11.4 Å². The summed E-state index contributed by atoms with van der Waals surface area (Å²) in [6.45, 7) is 5.82. The van der Waals surface area contributed by atoms with Crippen LogP contribution in [-0.4, -0.2) is 16.2 Å². The maximum absolute atomic E-state index is 13.4. The summed E-state index contributed by atoms with van der Waals surface area (Å²) in [5.41, 5.74) is 5.50. The van der Waals surface area contributed by atoms with Crippen LogP contribution in [0, 0.1) is 19.7 Å². The number of hydrogen-bond acceptors (Lipinski definition) is 4. The molecular weight excluding hydrogens is 467 g/mol. The Morgan fingerprint density at radius 1 is 1.00 bits per heavy atom. The number of benzene rings is 3. The first-order chi connectivity index (χ1) is 16.8. The van der Waals surface area contributed by atoms with Crippen molar-refractivity contribution in [3.63, 3.8) is 0 Å². The smallest absolute Gasteiger partial charge is 0.326 e. The van der Waals surface area contributed by atoms with Gasteiger partial charge in [0.15, 0.2) is 0 Å². The van der Waals surface area contributed by atoms with E-state index in [1.807, 2.05) is 51.1 Å². The third kappa shape index (κ3) is 4.42. The van der Waals surface area contributed by atoms with E-state index in [1.165, 1.54) is 12.1 Å². The summed E-state index contributed by atoms with van der Waals surface area (Å²) in [5.74, 6) is 0.220. The highest BCUT2D eigenvalue weighted by Gasteiger charge is 2.36. The van der Waals surface area contributed by atoms with E-state index in [-0.39, 0.29) is 17.7 Å². The Hall–Kier alpha value is -3.97. The Morgan fingerprint density at radius 3 is 2.40 bits per heavy atom. The molecule has 0 fully saturated rings. The average molecular weight is 489 g/mol. The zero-order valence-corrected chi connectivity index (χ0v) is 20.1. The molecule has 1 aromatic heterocycles. The minimum atomic E-state index is -0.565. The lowest BCUT2D eigenvalue weighted by molar-refractivity contribution is 0.244. The molecule has 0 aliphatic carbocycles. The van der Waals surface area contributed by atoms with Crippen LogP contribution < -0.4 is 10.2 Å². The Bertz CT molecular complexity index is 1440. The van der Waals surface area contributed by atoms with Crippen LogP contribution in [0.1, 0.15) is 35.5 Å². The Kier molecular flexibility index (Phi) is 5.86. The zero-order chi connectivity index (χ0) is 24.7. The van der Waals surface area contributed by atoms with Gasteiger partial charge in [-0.25, -0.2) is 9.18 Å². The molecule has 0 radical (unpaired) electrons. The summed E-state index contributed by atoms with van der Waals surface area (Å²) in [6, 6.07) is 18.2. The number of nitrogens with one attached hydrogen (secondary N) is 1. The van der Waals surface area contributed by atoms with Gasteiger partial charge in [0, 0.05) is 16.3 Å². The van der Waals surface area contributed by atoms with E-state index >= 15 is 0 Å². The number of allylic oxidation sites excluding steroid dienone is 1. The molecule has 4 aromatic rings. The van der Waals surface area contributed by atoms with Crippen LogP contribution in [-0.2, 0) is 0 Å². The lowest BCUT2D eigenvalue weighted by Crippen LogP contribution is -2.46. The van der Waals surface area contributed by atoms with Gasteiger partial charge in [-0.15, -0.1) is 0 Å². The minimum absolute atomic E-state index is 0.251. The lowest BCUT2D eigenvalue weighted by atomic mass is 9.94. The van der Waals surface area contributed by atoms with Gasteiger partial charge in [0.05, 0.1) is 17.3 Å². The first-order valence-electron chi connectivity index (χ1n) is 11.1. The van der Waals surface area contributed by atoms with Gasteiger partial charge in [-0.2, -0.15) is 4.98 Å². The molecule has 1 unspecified atom stereocenters. The average Bonchev–Trinajstić information content (AvgIpc) is 3.28. The predicted molar refractivity (Wildman–Crippen MR) is 133 cm³/mol. The number of rotatable bonds is 4. The molecule has 0 saturated heterocycles. The molecule has 8 heteroatoms. The minimum Gasteiger partial charge on any atom is -0.334 e. The first kappa shape index (κ1) is 22.8. The number of carbonyl (C=O) groups excluding carboxylic acids is 1. The van der Waals surface area contributed by atoms with E-state index in [2.05, 4.69) is 15.5 Å². The third-order valence-corrected chi connectivity index (χ3v) is 6.13. The fourth-order valence-electron chi connectivity index (χ4n) is 4.40. The summed E-state index contributed by atoms with van der Waals surface area (Å²) in [4.78, 5) is 19.6. The Morgan fingerprint density at radius 2 is 1.71 bits per heavy atom. The lowest BCUT2D eigenvalue weighted by Gasteiger charge is -2.35.